The molecule has 0 amide bonds. The molecule has 2 N–H and O–H groups in total. The molecule has 0 aromatic heterocycles. The predicted molar refractivity (Wildman–Crippen MR) is 81.2 cm³/mol. The molecule has 4 heteroatoms. The maximum Gasteiger partial charge on any atom is 0.0663 e. The third-order valence-electron chi connectivity index (χ3n) is 2.94. The van der Waals surface area contributed by atoms with E-state index < -0.39 is 5.54 Å². The van der Waals surface area contributed by atoms with Crippen LogP contribution in [-0.2, 0) is 5.54 Å². The van der Waals surface area contributed by atoms with E-state index in [0.717, 1.165) is 15.6 Å². The van der Waals surface area contributed by atoms with Crippen molar-refractivity contribution in [3.8, 4) is 0 Å². The van der Waals surface area contributed by atoms with Crippen molar-refractivity contribution < 1.29 is 0 Å². The Balaban J connectivity index is 2.62. The molecule has 0 aliphatic carbocycles. The van der Waals surface area contributed by atoms with Crippen molar-refractivity contribution in [2.45, 2.75) is 12.5 Å². The van der Waals surface area contributed by atoms with Gasteiger partial charge in [-0.05, 0) is 30.2 Å². The molecule has 0 saturated heterocycles. The highest BCUT2D eigenvalue weighted by Crippen LogP contribution is 2.38. The maximum absolute atomic E-state index is 6.46. The maximum atomic E-state index is 6.46. The van der Waals surface area contributed by atoms with E-state index in [2.05, 4.69) is 15.9 Å². The second-order valence-electron chi connectivity index (χ2n) is 4.28. The van der Waals surface area contributed by atoms with Crippen LogP contribution in [0.1, 0.15) is 18.1 Å². The average molecular weight is 345 g/mol. The summed E-state index contributed by atoms with van der Waals surface area (Å²) in [6.07, 6.45) is 0. The van der Waals surface area contributed by atoms with Crippen LogP contribution in [0, 0.1) is 0 Å². The van der Waals surface area contributed by atoms with Gasteiger partial charge in [-0.25, -0.2) is 0 Å². The Morgan fingerprint density at radius 2 is 1.61 bits per heavy atom. The highest BCUT2D eigenvalue weighted by molar-refractivity contribution is 9.10. The fourth-order valence-corrected chi connectivity index (χ4v) is 3.13. The number of benzene rings is 2. The van der Waals surface area contributed by atoms with E-state index in [1.54, 1.807) is 6.07 Å². The van der Waals surface area contributed by atoms with E-state index in [1.807, 2.05) is 43.3 Å². The van der Waals surface area contributed by atoms with Gasteiger partial charge in [-0.3, -0.25) is 0 Å². The van der Waals surface area contributed by atoms with Gasteiger partial charge < -0.3 is 5.73 Å². The molecular weight excluding hydrogens is 333 g/mol. The van der Waals surface area contributed by atoms with Crippen LogP contribution in [0.2, 0.25) is 10.0 Å². The lowest BCUT2D eigenvalue weighted by molar-refractivity contribution is 0.600. The van der Waals surface area contributed by atoms with Crippen LogP contribution >= 0.6 is 39.1 Å². The van der Waals surface area contributed by atoms with Gasteiger partial charge in [0.2, 0.25) is 0 Å². The van der Waals surface area contributed by atoms with Gasteiger partial charge >= 0.3 is 0 Å². The number of hydrogen-bond acceptors (Lipinski definition) is 1. The molecule has 1 atom stereocenters. The molecule has 0 radical (unpaired) electrons. The predicted octanol–water partition coefficient (Wildman–Crippen LogP) is 4.98. The summed E-state index contributed by atoms with van der Waals surface area (Å²) >= 11 is 15.8. The van der Waals surface area contributed by atoms with E-state index in [1.165, 1.54) is 0 Å². The van der Waals surface area contributed by atoms with Gasteiger partial charge in [-0.15, -0.1) is 0 Å². The molecule has 0 bridgehead atoms. The first-order valence-corrected chi connectivity index (χ1v) is 6.98. The lowest BCUT2D eigenvalue weighted by Gasteiger charge is -2.28. The van der Waals surface area contributed by atoms with E-state index in [4.69, 9.17) is 28.9 Å². The molecule has 0 fully saturated rings. The van der Waals surface area contributed by atoms with Gasteiger partial charge in [0.15, 0.2) is 0 Å². The standard InChI is InChI=1S/C14H12BrCl2N/c1-14(18,9-5-2-3-7-11(9)15)10-6-4-8-12(16)13(10)17/h2-8H,18H2,1H3. The summed E-state index contributed by atoms with van der Waals surface area (Å²) in [6.45, 7) is 1.92. The Morgan fingerprint density at radius 3 is 2.28 bits per heavy atom. The molecule has 2 aromatic carbocycles. The number of nitrogens with two attached hydrogens (primary N) is 1. The van der Waals surface area contributed by atoms with E-state index in [-0.39, 0.29) is 0 Å². The number of rotatable bonds is 2. The van der Waals surface area contributed by atoms with E-state index in [0.29, 0.717) is 10.0 Å². The Labute approximate surface area is 125 Å². The summed E-state index contributed by atoms with van der Waals surface area (Å²) in [7, 11) is 0. The monoisotopic (exact) mass is 343 g/mol. The minimum atomic E-state index is -0.706. The highest BCUT2D eigenvalue weighted by atomic mass is 79.9. The van der Waals surface area contributed by atoms with Crippen LogP contribution in [-0.4, -0.2) is 0 Å². The minimum absolute atomic E-state index is 0.500. The molecule has 1 nitrogen and oxygen atoms in total. The van der Waals surface area contributed by atoms with Gasteiger partial charge in [0.05, 0.1) is 15.6 Å². The quantitative estimate of drug-likeness (QED) is 0.817. The van der Waals surface area contributed by atoms with Crippen LogP contribution in [0.5, 0.6) is 0 Å². The van der Waals surface area contributed by atoms with Gasteiger partial charge in [0.25, 0.3) is 0 Å². The smallest absolute Gasteiger partial charge is 0.0663 e. The van der Waals surface area contributed by atoms with E-state index >= 15 is 0 Å². The topological polar surface area (TPSA) is 26.0 Å². The van der Waals surface area contributed by atoms with Gasteiger partial charge in [-0.1, -0.05) is 69.5 Å². The summed E-state index contributed by atoms with van der Waals surface area (Å²) in [5.74, 6) is 0. The van der Waals surface area contributed by atoms with Crippen LogP contribution in [0.25, 0.3) is 0 Å². The summed E-state index contributed by atoms with van der Waals surface area (Å²) in [5.41, 5.74) is 7.53. The van der Waals surface area contributed by atoms with E-state index in [9.17, 15) is 0 Å². The minimum Gasteiger partial charge on any atom is -0.318 e. The first kappa shape index (κ1) is 13.9. The van der Waals surface area contributed by atoms with Crippen LogP contribution in [0.3, 0.4) is 0 Å². The van der Waals surface area contributed by atoms with Gasteiger partial charge in [0.1, 0.15) is 0 Å². The van der Waals surface area contributed by atoms with Crippen molar-refractivity contribution in [2.24, 2.45) is 5.73 Å². The second kappa shape index (κ2) is 5.22. The normalized spacial score (nSPS) is 14.3. The van der Waals surface area contributed by atoms with Crippen molar-refractivity contribution in [1.82, 2.24) is 0 Å². The van der Waals surface area contributed by atoms with Crippen LogP contribution in [0.15, 0.2) is 46.9 Å². The Hall–Kier alpha value is -0.540. The summed E-state index contributed by atoms with van der Waals surface area (Å²) < 4.78 is 0.950. The summed E-state index contributed by atoms with van der Waals surface area (Å²) in [6, 6.07) is 13.3. The molecule has 94 valence electrons. The van der Waals surface area contributed by atoms with Crippen molar-refractivity contribution in [1.29, 1.82) is 0 Å². The molecule has 2 rings (SSSR count). The molecule has 0 spiro atoms. The first-order valence-electron chi connectivity index (χ1n) is 5.43. The third-order valence-corrected chi connectivity index (χ3v) is 4.45. The first-order chi connectivity index (χ1) is 8.44. The molecule has 1 unspecified atom stereocenters. The molecular formula is C14H12BrCl2N. The Kier molecular flexibility index (Phi) is 4.02. The van der Waals surface area contributed by atoms with Crippen molar-refractivity contribution in [3.63, 3.8) is 0 Å². The number of hydrogen-bond donors (Lipinski definition) is 1. The summed E-state index contributed by atoms with van der Waals surface area (Å²) in [5, 5.41) is 1.01. The number of halogens is 3. The molecule has 0 aliphatic rings. The zero-order valence-corrected chi connectivity index (χ0v) is 12.9. The lowest BCUT2D eigenvalue weighted by atomic mass is 9.86. The Morgan fingerprint density at radius 1 is 1.00 bits per heavy atom. The van der Waals surface area contributed by atoms with Gasteiger partial charge in [-0.2, -0.15) is 0 Å². The average Bonchev–Trinajstić information content (AvgIpc) is 2.32. The second-order valence-corrected chi connectivity index (χ2v) is 5.92. The molecule has 0 saturated carbocycles. The fourth-order valence-electron chi connectivity index (χ4n) is 1.93. The fraction of sp³-hybridized carbons (Fsp3) is 0.143. The SMILES string of the molecule is CC(N)(c1ccccc1Br)c1cccc(Cl)c1Cl. The third kappa shape index (κ3) is 2.43. The largest absolute Gasteiger partial charge is 0.318 e. The van der Waals surface area contributed by atoms with Crippen molar-refractivity contribution in [3.05, 3.63) is 68.1 Å². The molecule has 2 aromatic rings. The molecule has 0 heterocycles. The van der Waals surface area contributed by atoms with Crippen molar-refractivity contribution >= 4 is 39.1 Å². The Bertz CT molecular complexity index is 582. The van der Waals surface area contributed by atoms with Crippen molar-refractivity contribution in [2.75, 3.05) is 0 Å². The van der Waals surface area contributed by atoms with Crippen LogP contribution < -0.4 is 5.73 Å². The molecule has 18 heavy (non-hydrogen) atoms. The zero-order valence-electron chi connectivity index (χ0n) is 9.75. The molecule has 0 aliphatic heterocycles. The lowest BCUT2D eigenvalue weighted by Crippen LogP contribution is -2.35. The van der Waals surface area contributed by atoms with Crippen LogP contribution in [0.4, 0.5) is 0 Å². The van der Waals surface area contributed by atoms with Gasteiger partial charge in [0, 0.05) is 4.47 Å². The summed E-state index contributed by atoms with van der Waals surface area (Å²) in [4.78, 5) is 0. The zero-order chi connectivity index (χ0) is 13.3. The highest BCUT2D eigenvalue weighted by Gasteiger charge is 2.28.